The predicted molar refractivity (Wildman–Crippen MR) is 143 cm³/mol. The number of nitrogens with zero attached hydrogens (tertiary/aromatic N) is 3. The summed E-state index contributed by atoms with van der Waals surface area (Å²) in [4.78, 5) is 41.8. The number of benzene rings is 3. The normalized spacial score (nSPS) is 13.5. The molecule has 1 saturated heterocycles. The van der Waals surface area contributed by atoms with Crippen LogP contribution >= 0.6 is 0 Å². The largest absolute Gasteiger partial charge is 0.493 e. The van der Waals surface area contributed by atoms with Crippen LogP contribution < -0.4 is 20.7 Å². The highest BCUT2D eigenvalue weighted by atomic mass is 19.1. The molecule has 3 aromatic carbocycles. The topological polar surface area (TPSA) is 92.0 Å². The second-order valence-electron chi connectivity index (χ2n) is 9.21. The Morgan fingerprint density at radius 1 is 0.846 bits per heavy atom. The average Bonchev–Trinajstić information content (AvgIpc) is 2.98. The molecule has 1 fully saturated rings. The number of carbonyl (C=O) groups is 1. The molecule has 1 aliphatic heterocycles. The fourth-order valence-electron chi connectivity index (χ4n) is 4.69. The Morgan fingerprint density at radius 3 is 2.03 bits per heavy atom. The van der Waals surface area contributed by atoms with E-state index in [9.17, 15) is 18.8 Å². The molecule has 5 rings (SSSR count). The summed E-state index contributed by atoms with van der Waals surface area (Å²) in [6.07, 6.45) is 0. The number of carbonyl (C=O) groups excluding carboxylic acids is 1. The molecule has 202 valence electrons. The lowest BCUT2D eigenvalue weighted by atomic mass is 10.1. The number of hydrogen-bond donors (Lipinski definition) is 0. The van der Waals surface area contributed by atoms with Crippen molar-refractivity contribution in [2.24, 2.45) is 0 Å². The van der Waals surface area contributed by atoms with Gasteiger partial charge in [0.2, 0.25) is 0 Å². The molecule has 0 N–H and O–H groups in total. The van der Waals surface area contributed by atoms with Crippen LogP contribution in [0.5, 0.6) is 11.5 Å². The lowest BCUT2D eigenvalue weighted by Gasteiger charge is -2.26. The van der Waals surface area contributed by atoms with Crippen LogP contribution in [0.4, 0.5) is 4.39 Å². The van der Waals surface area contributed by atoms with Crippen molar-refractivity contribution in [2.45, 2.75) is 13.1 Å². The van der Waals surface area contributed by atoms with E-state index in [1.54, 1.807) is 53.4 Å². The molecule has 0 bridgehead atoms. The highest BCUT2D eigenvalue weighted by Gasteiger charge is 2.20. The first-order valence-corrected chi connectivity index (χ1v) is 12.5. The predicted octanol–water partition coefficient (Wildman–Crippen LogP) is 2.89. The summed E-state index contributed by atoms with van der Waals surface area (Å²) in [7, 11) is 2.94. The molecule has 4 aromatic rings. The fourth-order valence-corrected chi connectivity index (χ4v) is 4.69. The molecule has 0 saturated carbocycles. The molecular weight excluding hydrogens is 505 g/mol. The lowest BCUT2D eigenvalue weighted by Crippen LogP contribution is -2.41. The molecule has 1 aromatic heterocycles. The second kappa shape index (κ2) is 11.1. The van der Waals surface area contributed by atoms with Gasteiger partial charge in [-0.25, -0.2) is 9.18 Å². The molecule has 0 aliphatic carbocycles. The molecule has 0 spiro atoms. The second-order valence-corrected chi connectivity index (χ2v) is 9.21. The van der Waals surface area contributed by atoms with Gasteiger partial charge >= 0.3 is 5.69 Å². The Hall–Kier alpha value is -4.44. The van der Waals surface area contributed by atoms with Crippen molar-refractivity contribution in [1.29, 1.82) is 0 Å². The number of ether oxygens (including phenoxy) is 3. The molecule has 2 heterocycles. The van der Waals surface area contributed by atoms with Crippen LogP contribution in [0.1, 0.15) is 21.5 Å². The minimum atomic E-state index is -0.530. The smallest absolute Gasteiger partial charge is 0.332 e. The molecule has 0 radical (unpaired) electrons. The first-order valence-electron chi connectivity index (χ1n) is 12.5. The van der Waals surface area contributed by atoms with Crippen molar-refractivity contribution < 1.29 is 23.4 Å². The number of rotatable bonds is 7. The number of aromatic nitrogens is 2. The SMILES string of the molecule is COc1cc2c(=O)n(Cc3ccc(C(=O)N4CCOCC4)cc3)c(=O)n(Cc3ccc(F)cc3)c2cc1OC. The maximum Gasteiger partial charge on any atom is 0.332 e. The van der Waals surface area contributed by atoms with Crippen molar-refractivity contribution >= 4 is 16.8 Å². The summed E-state index contributed by atoms with van der Waals surface area (Å²) in [6.45, 7) is 2.20. The summed E-state index contributed by atoms with van der Waals surface area (Å²) < 4.78 is 32.2. The van der Waals surface area contributed by atoms with Gasteiger partial charge in [0.05, 0.1) is 51.4 Å². The Balaban J connectivity index is 1.56. The Morgan fingerprint density at radius 2 is 1.41 bits per heavy atom. The van der Waals surface area contributed by atoms with Crippen LogP contribution in [0, 0.1) is 5.82 Å². The van der Waals surface area contributed by atoms with Crippen molar-refractivity contribution in [2.75, 3.05) is 40.5 Å². The Bertz CT molecular complexity index is 1620. The number of methoxy groups -OCH3 is 2. The minimum absolute atomic E-state index is 0.00259. The maximum absolute atomic E-state index is 13.7. The van der Waals surface area contributed by atoms with Gasteiger partial charge in [0.1, 0.15) is 5.82 Å². The number of halogens is 1. The van der Waals surface area contributed by atoms with E-state index in [4.69, 9.17) is 14.2 Å². The van der Waals surface area contributed by atoms with Gasteiger partial charge in [0, 0.05) is 24.7 Å². The van der Waals surface area contributed by atoms with E-state index in [0.29, 0.717) is 60.0 Å². The van der Waals surface area contributed by atoms with Gasteiger partial charge in [0.25, 0.3) is 11.5 Å². The minimum Gasteiger partial charge on any atom is -0.493 e. The van der Waals surface area contributed by atoms with Crippen LogP contribution in [0.3, 0.4) is 0 Å². The quantitative estimate of drug-likeness (QED) is 0.363. The third kappa shape index (κ3) is 5.28. The van der Waals surface area contributed by atoms with Gasteiger partial charge in [0.15, 0.2) is 11.5 Å². The summed E-state index contributed by atoms with van der Waals surface area (Å²) in [5.41, 5.74) is 1.25. The third-order valence-electron chi connectivity index (χ3n) is 6.82. The summed E-state index contributed by atoms with van der Waals surface area (Å²) in [5.74, 6) is 0.250. The van der Waals surface area contributed by atoms with Crippen LogP contribution in [-0.2, 0) is 17.8 Å². The zero-order valence-electron chi connectivity index (χ0n) is 21.7. The zero-order valence-corrected chi connectivity index (χ0v) is 21.7. The number of morpholine rings is 1. The molecule has 39 heavy (non-hydrogen) atoms. The molecule has 9 nitrogen and oxygen atoms in total. The first-order chi connectivity index (χ1) is 18.9. The monoisotopic (exact) mass is 533 g/mol. The van der Waals surface area contributed by atoms with Crippen molar-refractivity contribution in [3.63, 3.8) is 0 Å². The summed E-state index contributed by atoms with van der Waals surface area (Å²) in [5, 5.41) is 0.272. The van der Waals surface area contributed by atoms with Gasteiger partial charge in [-0.3, -0.25) is 18.7 Å². The molecule has 0 unspecified atom stereocenters. The van der Waals surface area contributed by atoms with E-state index in [1.807, 2.05) is 0 Å². The van der Waals surface area contributed by atoms with E-state index in [2.05, 4.69) is 0 Å². The molecule has 10 heteroatoms. The first kappa shape index (κ1) is 26.2. The molecule has 1 amide bonds. The van der Waals surface area contributed by atoms with Gasteiger partial charge in [-0.1, -0.05) is 24.3 Å². The standard InChI is InChI=1S/C29H28FN3O6/c1-37-25-15-23-24(16-26(25)38-2)32(17-20-5-9-22(30)10-6-20)29(36)33(28(23)35)18-19-3-7-21(8-4-19)27(34)31-11-13-39-14-12-31/h3-10,15-16H,11-14,17-18H2,1-2H3. The average molecular weight is 534 g/mol. The van der Waals surface area contributed by atoms with Crippen molar-refractivity contribution in [3.05, 3.63) is 104 Å². The van der Waals surface area contributed by atoms with Crippen LogP contribution in [0.2, 0.25) is 0 Å². The van der Waals surface area contributed by atoms with E-state index in [1.165, 1.54) is 30.9 Å². The van der Waals surface area contributed by atoms with Crippen LogP contribution in [0.15, 0.2) is 70.3 Å². The van der Waals surface area contributed by atoms with E-state index in [0.717, 1.165) is 4.57 Å². The maximum atomic E-state index is 13.7. The summed E-state index contributed by atoms with van der Waals surface area (Å²) >= 11 is 0. The van der Waals surface area contributed by atoms with E-state index in [-0.39, 0.29) is 30.2 Å². The van der Waals surface area contributed by atoms with Crippen LogP contribution in [0.25, 0.3) is 10.9 Å². The highest BCUT2D eigenvalue weighted by Crippen LogP contribution is 2.30. The zero-order chi connectivity index (χ0) is 27.5. The Labute approximate surface area is 223 Å². The Kier molecular flexibility index (Phi) is 7.47. The van der Waals surface area contributed by atoms with Crippen molar-refractivity contribution in [3.8, 4) is 11.5 Å². The molecule has 0 atom stereocenters. The summed E-state index contributed by atoms with van der Waals surface area (Å²) in [6, 6.07) is 15.8. The van der Waals surface area contributed by atoms with E-state index >= 15 is 0 Å². The van der Waals surface area contributed by atoms with Crippen LogP contribution in [-0.4, -0.2) is 60.5 Å². The number of hydrogen-bond acceptors (Lipinski definition) is 6. The van der Waals surface area contributed by atoms with Gasteiger partial charge in [-0.2, -0.15) is 0 Å². The third-order valence-corrected chi connectivity index (χ3v) is 6.82. The lowest BCUT2D eigenvalue weighted by molar-refractivity contribution is 0.0303. The fraction of sp³-hybridized carbons (Fsp3) is 0.276. The highest BCUT2D eigenvalue weighted by molar-refractivity contribution is 5.94. The van der Waals surface area contributed by atoms with Crippen molar-refractivity contribution in [1.82, 2.24) is 14.0 Å². The molecular formula is C29H28FN3O6. The van der Waals surface area contributed by atoms with Gasteiger partial charge in [-0.15, -0.1) is 0 Å². The van der Waals surface area contributed by atoms with Gasteiger partial charge < -0.3 is 19.1 Å². The molecule has 1 aliphatic rings. The van der Waals surface area contributed by atoms with E-state index < -0.39 is 11.2 Å². The number of amides is 1. The number of fused-ring (bicyclic) bond motifs is 1. The van der Waals surface area contributed by atoms with Gasteiger partial charge in [-0.05, 0) is 41.5 Å².